The third kappa shape index (κ3) is 3.72. The highest BCUT2D eigenvalue weighted by Crippen LogP contribution is 2.28. The van der Waals surface area contributed by atoms with Crippen molar-refractivity contribution in [2.45, 2.75) is 41.2 Å². The number of hydrogen-bond acceptors (Lipinski definition) is 3. The smallest absolute Gasteiger partial charge is 0.282 e. The first kappa shape index (κ1) is 20.5. The standard InChI is InChI=1S/C24H25BrN4O/c1-15-20(18-8-6-7-9-22(18)28(15)14-24(3,4)5)13-26-29-16(2)27-21-11-10-17(25)12-19(21)23(29)30/h6-13H,14H2,1-5H3. The van der Waals surface area contributed by atoms with Gasteiger partial charge >= 0.3 is 0 Å². The van der Waals surface area contributed by atoms with E-state index in [9.17, 15) is 4.79 Å². The lowest BCUT2D eigenvalue weighted by atomic mass is 9.96. The van der Waals surface area contributed by atoms with E-state index in [1.807, 2.05) is 18.2 Å². The quantitative estimate of drug-likeness (QED) is 0.367. The molecule has 6 heteroatoms. The van der Waals surface area contributed by atoms with Gasteiger partial charge in [-0.25, -0.2) is 4.98 Å². The number of aromatic nitrogens is 3. The summed E-state index contributed by atoms with van der Waals surface area (Å²) in [5, 5.41) is 6.23. The zero-order valence-electron chi connectivity index (χ0n) is 17.9. The van der Waals surface area contributed by atoms with Crippen molar-refractivity contribution in [2.75, 3.05) is 0 Å². The highest BCUT2D eigenvalue weighted by molar-refractivity contribution is 9.10. The SMILES string of the molecule is Cc1nc2ccc(Br)cc2c(=O)n1N=Cc1c(C)n(CC(C)(C)C)c2ccccc12. The first-order chi connectivity index (χ1) is 14.2. The topological polar surface area (TPSA) is 52.2 Å². The summed E-state index contributed by atoms with van der Waals surface area (Å²) in [6.07, 6.45) is 1.79. The number of halogens is 1. The summed E-state index contributed by atoms with van der Waals surface area (Å²) >= 11 is 3.43. The van der Waals surface area contributed by atoms with E-state index >= 15 is 0 Å². The van der Waals surface area contributed by atoms with Gasteiger partial charge in [0.15, 0.2) is 0 Å². The zero-order chi connectivity index (χ0) is 21.6. The van der Waals surface area contributed by atoms with Crippen LogP contribution in [0, 0.1) is 19.3 Å². The van der Waals surface area contributed by atoms with E-state index in [1.54, 1.807) is 19.2 Å². The molecule has 0 aliphatic rings. The maximum atomic E-state index is 13.0. The molecule has 2 aromatic carbocycles. The third-order valence-electron chi connectivity index (χ3n) is 5.18. The highest BCUT2D eigenvalue weighted by Gasteiger charge is 2.18. The van der Waals surface area contributed by atoms with Gasteiger partial charge in [0.2, 0.25) is 0 Å². The minimum Gasteiger partial charge on any atom is -0.344 e. The van der Waals surface area contributed by atoms with Gasteiger partial charge in [0.05, 0.1) is 17.1 Å². The van der Waals surface area contributed by atoms with Crippen LogP contribution in [-0.4, -0.2) is 20.4 Å². The summed E-state index contributed by atoms with van der Waals surface area (Å²) < 4.78 is 4.56. The van der Waals surface area contributed by atoms with Crippen molar-refractivity contribution in [1.29, 1.82) is 0 Å². The summed E-state index contributed by atoms with van der Waals surface area (Å²) in [5.41, 5.74) is 3.98. The summed E-state index contributed by atoms with van der Waals surface area (Å²) in [7, 11) is 0. The number of para-hydroxylation sites is 1. The molecule has 154 valence electrons. The van der Waals surface area contributed by atoms with Gasteiger partial charge in [0.1, 0.15) is 5.82 Å². The molecule has 0 spiro atoms. The second-order valence-corrected chi connectivity index (χ2v) is 9.76. The fourth-order valence-corrected chi connectivity index (χ4v) is 4.17. The highest BCUT2D eigenvalue weighted by atomic mass is 79.9. The molecule has 0 aliphatic heterocycles. The Morgan fingerprint density at radius 2 is 1.83 bits per heavy atom. The van der Waals surface area contributed by atoms with Crippen LogP contribution in [0.4, 0.5) is 0 Å². The predicted octanol–water partition coefficient (Wildman–Crippen LogP) is 5.66. The molecule has 4 rings (SSSR count). The molecule has 0 atom stereocenters. The Balaban J connectivity index is 1.88. The molecule has 0 bridgehead atoms. The molecule has 30 heavy (non-hydrogen) atoms. The van der Waals surface area contributed by atoms with E-state index < -0.39 is 0 Å². The van der Waals surface area contributed by atoms with Gasteiger partial charge in [-0.2, -0.15) is 9.78 Å². The molecule has 5 nitrogen and oxygen atoms in total. The monoisotopic (exact) mass is 464 g/mol. The van der Waals surface area contributed by atoms with E-state index in [0.717, 1.165) is 27.7 Å². The van der Waals surface area contributed by atoms with Crippen molar-refractivity contribution < 1.29 is 0 Å². The van der Waals surface area contributed by atoms with Gasteiger partial charge in [-0.05, 0) is 43.5 Å². The first-order valence-electron chi connectivity index (χ1n) is 9.97. The van der Waals surface area contributed by atoms with Crippen molar-refractivity contribution in [1.82, 2.24) is 14.2 Å². The normalized spacial score (nSPS) is 12.5. The number of benzene rings is 2. The Bertz CT molecular complexity index is 1360. The Hall–Kier alpha value is -2.73. The molecule has 0 radical (unpaired) electrons. The second-order valence-electron chi connectivity index (χ2n) is 8.85. The lowest BCUT2D eigenvalue weighted by Crippen LogP contribution is -2.20. The van der Waals surface area contributed by atoms with Crippen LogP contribution >= 0.6 is 15.9 Å². The molecule has 0 saturated heterocycles. The summed E-state index contributed by atoms with van der Waals surface area (Å²) in [6.45, 7) is 11.5. The van der Waals surface area contributed by atoms with Gasteiger partial charge in [-0.1, -0.05) is 54.9 Å². The fraction of sp³-hybridized carbons (Fsp3) is 0.292. The van der Waals surface area contributed by atoms with Crippen molar-refractivity contribution in [3.05, 3.63) is 74.4 Å². The minimum atomic E-state index is -0.175. The number of fused-ring (bicyclic) bond motifs is 2. The molecule has 0 saturated carbocycles. The lowest BCUT2D eigenvalue weighted by molar-refractivity contribution is 0.346. The van der Waals surface area contributed by atoms with Gasteiger partial charge in [0.25, 0.3) is 5.56 Å². The van der Waals surface area contributed by atoms with Gasteiger partial charge < -0.3 is 4.57 Å². The van der Waals surface area contributed by atoms with Gasteiger partial charge in [-0.3, -0.25) is 4.79 Å². The van der Waals surface area contributed by atoms with Crippen LogP contribution in [0.1, 0.15) is 37.9 Å². The van der Waals surface area contributed by atoms with E-state index in [-0.39, 0.29) is 11.0 Å². The van der Waals surface area contributed by atoms with Crippen molar-refractivity contribution in [3.8, 4) is 0 Å². The van der Waals surface area contributed by atoms with Gasteiger partial charge in [0, 0.05) is 33.2 Å². The predicted molar refractivity (Wildman–Crippen MR) is 128 cm³/mol. The van der Waals surface area contributed by atoms with Crippen LogP contribution in [0.2, 0.25) is 0 Å². The number of aryl methyl sites for hydroxylation is 1. The summed E-state index contributed by atoms with van der Waals surface area (Å²) in [5.74, 6) is 0.558. The molecule has 0 fully saturated rings. The Morgan fingerprint density at radius 1 is 1.10 bits per heavy atom. The van der Waals surface area contributed by atoms with Crippen LogP contribution in [0.15, 0.2) is 56.8 Å². The Kier molecular flexibility index (Phi) is 5.14. The Labute approximate surface area is 184 Å². The second kappa shape index (κ2) is 7.51. The van der Waals surface area contributed by atoms with Crippen molar-refractivity contribution in [2.24, 2.45) is 10.5 Å². The van der Waals surface area contributed by atoms with Crippen LogP contribution in [0.5, 0.6) is 0 Å². The van der Waals surface area contributed by atoms with Crippen LogP contribution in [0.3, 0.4) is 0 Å². The fourth-order valence-electron chi connectivity index (χ4n) is 3.81. The lowest BCUT2D eigenvalue weighted by Gasteiger charge is -2.21. The molecule has 0 N–H and O–H groups in total. The molecular formula is C24H25BrN4O. The molecule has 2 aromatic heterocycles. The first-order valence-corrected chi connectivity index (χ1v) is 10.8. The molecule has 0 aliphatic carbocycles. The van der Waals surface area contributed by atoms with E-state index in [0.29, 0.717) is 16.7 Å². The summed E-state index contributed by atoms with van der Waals surface area (Å²) in [4.78, 5) is 17.6. The number of nitrogens with zero attached hydrogens (tertiary/aromatic N) is 4. The van der Waals surface area contributed by atoms with E-state index in [1.165, 1.54) is 10.2 Å². The largest absolute Gasteiger partial charge is 0.344 e. The Morgan fingerprint density at radius 3 is 2.57 bits per heavy atom. The molecular weight excluding hydrogens is 440 g/mol. The van der Waals surface area contributed by atoms with Crippen LogP contribution < -0.4 is 5.56 Å². The minimum absolute atomic E-state index is 0.143. The average molecular weight is 465 g/mol. The van der Waals surface area contributed by atoms with Crippen LogP contribution in [-0.2, 0) is 6.54 Å². The molecule has 0 amide bonds. The zero-order valence-corrected chi connectivity index (χ0v) is 19.5. The number of rotatable bonds is 3. The van der Waals surface area contributed by atoms with Crippen LogP contribution in [0.25, 0.3) is 21.8 Å². The van der Waals surface area contributed by atoms with Crippen molar-refractivity contribution in [3.63, 3.8) is 0 Å². The summed E-state index contributed by atoms with van der Waals surface area (Å²) in [6, 6.07) is 13.8. The maximum absolute atomic E-state index is 13.0. The van der Waals surface area contributed by atoms with Gasteiger partial charge in [-0.15, -0.1) is 0 Å². The molecule has 4 aromatic rings. The molecule has 2 heterocycles. The average Bonchev–Trinajstić information content (AvgIpc) is 2.93. The van der Waals surface area contributed by atoms with E-state index in [4.69, 9.17) is 0 Å². The van der Waals surface area contributed by atoms with E-state index in [2.05, 4.69) is 76.5 Å². The molecule has 0 unspecified atom stereocenters. The van der Waals surface area contributed by atoms with Crippen molar-refractivity contribution >= 4 is 44.0 Å². The third-order valence-corrected chi connectivity index (χ3v) is 5.68. The maximum Gasteiger partial charge on any atom is 0.282 e. The number of hydrogen-bond donors (Lipinski definition) is 0.